The number of hydrogen-bond donors (Lipinski definition) is 0. The van der Waals surface area contributed by atoms with Gasteiger partial charge in [-0.05, 0) is 87.6 Å². The molecule has 0 atom stereocenters. The molecule has 2 aromatic heterocycles. The molecule has 0 bridgehead atoms. The first-order chi connectivity index (χ1) is 29.7. The molecule has 0 saturated carbocycles. The van der Waals surface area contributed by atoms with Crippen LogP contribution in [0.5, 0.6) is 0 Å². The summed E-state index contributed by atoms with van der Waals surface area (Å²) in [7, 11) is 0. The second-order valence-electron chi connectivity index (χ2n) is 14.8. The first-order valence-electron chi connectivity index (χ1n) is 20.1. The number of hydrogen-bond acceptors (Lipinski definition) is 5. The number of furan rings is 1. The Morgan fingerprint density at radius 1 is 0.333 bits per heavy atom. The van der Waals surface area contributed by atoms with E-state index in [2.05, 4.69) is 157 Å². The van der Waals surface area contributed by atoms with Crippen LogP contribution < -0.4 is 4.90 Å². The molecule has 0 spiro atoms. The molecule has 0 radical (unpaired) electrons. The van der Waals surface area contributed by atoms with Gasteiger partial charge in [0.25, 0.3) is 0 Å². The van der Waals surface area contributed by atoms with Crippen molar-refractivity contribution < 1.29 is 4.42 Å². The van der Waals surface area contributed by atoms with Crippen LogP contribution in [0.2, 0.25) is 0 Å². The number of benzene rings is 9. The van der Waals surface area contributed by atoms with E-state index >= 15 is 0 Å². The highest BCUT2D eigenvalue weighted by Gasteiger charge is 2.21. The van der Waals surface area contributed by atoms with E-state index in [9.17, 15) is 0 Å². The zero-order valence-electron chi connectivity index (χ0n) is 32.5. The SMILES string of the molecule is c1ccc(-c2ccc(N(c3ccccc3)c3ccc(-c4cc(-c5nc(-c6ccccc6)nc(-c6ccccc6)n5)c5oc6ccc7ccccc7c6c5c4)cc3)cc2)cc1. The normalized spacial score (nSPS) is 11.3. The van der Waals surface area contributed by atoms with Crippen molar-refractivity contribution >= 4 is 49.8 Å². The molecule has 11 rings (SSSR count). The first-order valence-corrected chi connectivity index (χ1v) is 20.1. The maximum Gasteiger partial charge on any atom is 0.167 e. The lowest BCUT2D eigenvalue weighted by molar-refractivity contribution is 0.670. The maximum atomic E-state index is 6.81. The zero-order chi connectivity index (χ0) is 39.8. The van der Waals surface area contributed by atoms with Crippen molar-refractivity contribution in [1.82, 2.24) is 15.0 Å². The molecular formula is C55H36N4O. The van der Waals surface area contributed by atoms with Crippen molar-refractivity contribution in [2.24, 2.45) is 0 Å². The Morgan fingerprint density at radius 3 is 1.40 bits per heavy atom. The van der Waals surface area contributed by atoms with Crippen LogP contribution in [-0.2, 0) is 0 Å². The number of para-hydroxylation sites is 1. The molecule has 0 fully saturated rings. The second-order valence-corrected chi connectivity index (χ2v) is 14.8. The molecule has 60 heavy (non-hydrogen) atoms. The smallest absolute Gasteiger partial charge is 0.167 e. The largest absolute Gasteiger partial charge is 0.455 e. The van der Waals surface area contributed by atoms with Gasteiger partial charge < -0.3 is 9.32 Å². The summed E-state index contributed by atoms with van der Waals surface area (Å²) in [5.74, 6) is 1.74. The highest BCUT2D eigenvalue weighted by molar-refractivity contribution is 6.21. The third-order valence-corrected chi connectivity index (χ3v) is 11.1. The van der Waals surface area contributed by atoms with E-state index in [4.69, 9.17) is 19.4 Å². The van der Waals surface area contributed by atoms with Gasteiger partial charge in [-0.3, -0.25) is 0 Å². The lowest BCUT2D eigenvalue weighted by Gasteiger charge is -2.26. The molecule has 5 heteroatoms. The number of nitrogens with zero attached hydrogens (tertiary/aromatic N) is 4. The summed E-state index contributed by atoms with van der Waals surface area (Å²) in [6.45, 7) is 0. The predicted octanol–water partition coefficient (Wildman–Crippen LogP) is 14.7. The van der Waals surface area contributed by atoms with E-state index in [1.165, 1.54) is 11.1 Å². The van der Waals surface area contributed by atoms with E-state index in [0.717, 1.165) is 77.6 Å². The molecule has 11 aromatic rings. The Labute approximate surface area is 347 Å². The molecule has 9 aromatic carbocycles. The van der Waals surface area contributed by atoms with Crippen LogP contribution in [0.3, 0.4) is 0 Å². The molecule has 0 saturated heterocycles. The van der Waals surface area contributed by atoms with Crippen molar-refractivity contribution in [3.05, 3.63) is 218 Å². The van der Waals surface area contributed by atoms with Gasteiger partial charge in [0, 0.05) is 39.0 Å². The molecule has 0 unspecified atom stereocenters. The average molecular weight is 769 g/mol. The lowest BCUT2D eigenvalue weighted by atomic mass is 9.96. The third kappa shape index (κ3) is 6.45. The van der Waals surface area contributed by atoms with Gasteiger partial charge in [-0.1, -0.05) is 164 Å². The predicted molar refractivity (Wildman–Crippen MR) is 246 cm³/mol. The summed E-state index contributed by atoms with van der Waals surface area (Å²) in [6, 6.07) is 75.8. The van der Waals surface area contributed by atoms with Crippen LogP contribution in [0, 0.1) is 0 Å². The Hall–Kier alpha value is -8.15. The summed E-state index contributed by atoms with van der Waals surface area (Å²) in [6.07, 6.45) is 0. The van der Waals surface area contributed by atoms with Crippen molar-refractivity contribution in [2.75, 3.05) is 4.90 Å². The minimum atomic E-state index is 0.545. The highest BCUT2D eigenvalue weighted by atomic mass is 16.3. The molecule has 5 nitrogen and oxygen atoms in total. The maximum absolute atomic E-state index is 6.81. The standard InChI is InChI=1S/C55H36N4O/c1-5-15-37(16-6-1)38-25-30-45(31-26-38)59(44-22-11-4-12-23-44)46-32-27-39(28-33-46)43-35-48-51-47-24-14-13-17-40(47)29-34-50(51)60-52(48)49(36-43)55-57-53(41-18-7-2-8-19-41)56-54(58-55)42-20-9-3-10-21-42/h1-36H. The number of anilines is 3. The van der Waals surface area contributed by atoms with Crippen LogP contribution in [-0.4, -0.2) is 15.0 Å². The van der Waals surface area contributed by atoms with Gasteiger partial charge in [-0.2, -0.15) is 0 Å². The van der Waals surface area contributed by atoms with Crippen molar-refractivity contribution in [3.63, 3.8) is 0 Å². The fourth-order valence-corrected chi connectivity index (χ4v) is 8.17. The quantitative estimate of drug-likeness (QED) is 0.154. The highest BCUT2D eigenvalue weighted by Crippen LogP contribution is 2.43. The van der Waals surface area contributed by atoms with E-state index in [-0.39, 0.29) is 0 Å². The zero-order valence-corrected chi connectivity index (χ0v) is 32.5. The van der Waals surface area contributed by atoms with Gasteiger partial charge in [-0.25, -0.2) is 15.0 Å². The van der Waals surface area contributed by atoms with Gasteiger partial charge in [0.1, 0.15) is 11.2 Å². The average Bonchev–Trinajstić information content (AvgIpc) is 3.72. The summed E-state index contributed by atoms with van der Waals surface area (Å²) in [5.41, 5.74) is 11.8. The fraction of sp³-hybridized carbons (Fsp3) is 0. The minimum Gasteiger partial charge on any atom is -0.455 e. The van der Waals surface area contributed by atoms with Crippen molar-refractivity contribution in [1.29, 1.82) is 0 Å². The van der Waals surface area contributed by atoms with Crippen LogP contribution in [0.15, 0.2) is 223 Å². The molecule has 0 aliphatic heterocycles. The summed E-state index contributed by atoms with van der Waals surface area (Å²) in [4.78, 5) is 17.6. The molecule has 0 aliphatic rings. The van der Waals surface area contributed by atoms with E-state index in [1.807, 2.05) is 66.7 Å². The summed E-state index contributed by atoms with van der Waals surface area (Å²) in [5, 5.41) is 4.36. The molecule has 0 amide bonds. The first kappa shape index (κ1) is 35.0. The molecule has 2 heterocycles. The third-order valence-electron chi connectivity index (χ3n) is 11.1. The number of rotatable bonds is 8. The summed E-state index contributed by atoms with van der Waals surface area (Å²) >= 11 is 0. The van der Waals surface area contributed by atoms with Crippen LogP contribution >= 0.6 is 0 Å². The Balaban J connectivity index is 1.09. The lowest BCUT2D eigenvalue weighted by Crippen LogP contribution is -2.09. The van der Waals surface area contributed by atoms with Gasteiger partial charge in [0.2, 0.25) is 0 Å². The molecule has 0 N–H and O–H groups in total. The number of fused-ring (bicyclic) bond motifs is 5. The topological polar surface area (TPSA) is 55.1 Å². The fourth-order valence-electron chi connectivity index (χ4n) is 8.17. The monoisotopic (exact) mass is 768 g/mol. The Kier molecular flexibility index (Phi) is 8.75. The number of aromatic nitrogens is 3. The van der Waals surface area contributed by atoms with E-state index in [0.29, 0.717) is 17.5 Å². The van der Waals surface area contributed by atoms with Gasteiger partial charge >= 0.3 is 0 Å². The summed E-state index contributed by atoms with van der Waals surface area (Å²) < 4.78 is 6.81. The van der Waals surface area contributed by atoms with Crippen molar-refractivity contribution in [2.45, 2.75) is 0 Å². The Morgan fingerprint density at radius 2 is 0.800 bits per heavy atom. The van der Waals surface area contributed by atoms with Crippen LogP contribution in [0.4, 0.5) is 17.1 Å². The minimum absolute atomic E-state index is 0.545. The van der Waals surface area contributed by atoms with E-state index < -0.39 is 0 Å². The van der Waals surface area contributed by atoms with Crippen LogP contribution in [0.25, 0.3) is 89.1 Å². The van der Waals surface area contributed by atoms with E-state index in [1.54, 1.807) is 0 Å². The van der Waals surface area contributed by atoms with Gasteiger partial charge in [0.05, 0.1) is 5.56 Å². The van der Waals surface area contributed by atoms with Gasteiger partial charge in [-0.15, -0.1) is 0 Å². The molecule has 0 aliphatic carbocycles. The molecule has 282 valence electrons. The Bertz CT molecular complexity index is 3220. The molecular weight excluding hydrogens is 733 g/mol. The van der Waals surface area contributed by atoms with Crippen LogP contribution in [0.1, 0.15) is 0 Å². The van der Waals surface area contributed by atoms with Crippen molar-refractivity contribution in [3.8, 4) is 56.4 Å². The van der Waals surface area contributed by atoms with Gasteiger partial charge in [0.15, 0.2) is 17.5 Å². The second kappa shape index (κ2) is 15.0.